The Bertz CT molecular complexity index is 1120. The molecule has 0 aliphatic heterocycles. The average molecular weight is 433 g/mol. The minimum absolute atomic E-state index is 0.0512. The Labute approximate surface area is 177 Å². The maximum absolute atomic E-state index is 12.7. The van der Waals surface area contributed by atoms with Crippen molar-refractivity contribution in [2.45, 2.75) is 27.3 Å². The number of ether oxygens (including phenoxy) is 2. The number of rotatable bonds is 6. The smallest absolute Gasteiger partial charge is 0.326 e. The topological polar surface area (TPSA) is 69.9 Å². The van der Waals surface area contributed by atoms with Crippen LogP contribution in [0.3, 0.4) is 0 Å². The Balaban J connectivity index is 2.08. The second-order valence-electron chi connectivity index (χ2n) is 6.17. The van der Waals surface area contributed by atoms with Crippen molar-refractivity contribution in [3.8, 4) is 5.75 Å². The minimum atomic E-state index is -0.402. The van der Waals surface area contributed by atoms with Crippen LogP contribution in [0.15, 0.2) is 41.4 Å². The zero-order valence-corrected chi connectivity index (χ0v) is 18.0. The second kappa shape index (κ2) is 9.24. The molecule has 29 heavy (non-hydrogen) atoms. The summed E-state index contributed by atoms with van der Waals surface area (Å²) in [6.45, 7) is 6.29. The molecule has 0 aliphatic rings. The van der Waals surface area contributed by atoms with Gasteiger partial charge in [-0.05, 0) is 62.7 Å². The number of hydrogen-bond acceptors (Lipinski definition) is 5. The van der Waals surface area contributed by atoms with E-state index in [1.807, 2.05) is 19.9 Å². The van der Waals surface area contributed by atoms with Crippen molar-refractivity contribution in [2.24, 2.45) is 4.99 Å². The molecule has 0 radical (unpaired) electrons. The number of benzene rings is 2. The molecule has 0 atom stereocenters. The molecule has 1 amide bonds. The van der Waals surface area contributed by atoms with Crippen LogP contribution in [0, 0.1) is 6.92 Å². The van der Waals surface area contributed by atoms with Crippen LogP contribution in [0.1, 0.15) is 29.8 Å². The van der Waals surface area contributed by atoms with E-state index in [0.29, 0.717) is 27.7 Å². The van der Waals surface area contributed by atoms with Gasteiger partial charge in [-0.3, -0.25) is 9.59 Å². The molecule has 0 bridgehead atoms. The van der Waals surface area contributed by atoms with E-state index in [9.17, 15) is 9.59 Å². The van der Waals surface area contributed by atoms with Crippen LogP contribution in [0.5, 0.6) is 5.75 Å². The van der Waals surface area contributed by atoms with Crippen molar-refractivity contribution >= 4 is 45.0 Å². The van der Waals surface area contributed by atoms with Crippen molar-refractivity contribution in [2.75, 3.05) is 13.2 Å². The van der Waals surface area contributed by atoms with E-state index in [2.05, 4.69) is 4.99 Å². The van der Waals surface area contributed by atoms with Gasteiger partial charge in [0.05, 0.1) is 23.4 Å². The quantitative estimate of drug-likeness (QED) is 0.542. The molecule has 1 heterocycles. The van der Waals surface area contributed by atoms with E-state index >= 15 is 0 Å². The van der Waals surface area contributed by atoms with Gasteiger partial charge >= 0.3 is 5.97 Å². The van der Waals surface area contributed by atoms with Gasteiger partial charge in [-0.1, -0.05) is 22.9 Å². The van der Waals surface area contributed by atoms with Gasteiger partial charge in [-0.25, -0.2) is 0 Å². The Morgan fingerprint density at radius 3 is 2.48 bits per heavy atom. The fraction of sp³-hybridized carbons (Fsp3) is 0.286. The van der Waals surface area contributed by atoms with Gasteiger partial charge in [-0.2, -0.15) is 4.99 Å². The number of carbonyl (C=O) groups is 2. The fourth-order valence-electron chi connectivity index (χ4n) is 2.90. The number of fused-ring (bicyclic) bond motifs is 1. The molecular formula is C21H21ClN2O4S. The molecule has 1 aromatic heterocycles. The third kappa shape index (κ3) is 4.68. The largest absolute Gasteiger partial charge is 0.494 e. The van der Waals surface area contributed by atoms with E-state index < -0.39 is 11.9 Å². The number of amides is 1. The van der Waals surface area contributed by atoms with Gasteiger partial charge in [0, 0.05) is 10.6 Å². The normalized spacial score (nSPS) is 11.7. The Morgan fingerprint density at radius 1 is 1.10 bits per heavy atom. The monoisotopic (exact) mass is 432 g/mol. The first kappa shape index (κ1) is 21.1. The van der Waals surface area contributed by atoms with Gasteiger partial charge in [0.2, 0.25) is 0 Å². The molecule has 8 heteroatoms. The van der Waals surface area contributed by atoms with E-state index in [0.717, 1.165) is 15.8 Å². The van der Waals surface area contributed by atoms with E-state index in [-0.39, 0.29) is 13.2 Å². The summed E-state index contributed by atoms with van der Waals surface area (Å²) in [4.78, 5) is 29.6. The lowest BCUT2D eigenvalue weighted by atomic mass is 10.2. The van der Waals surface area contributed by atoms with Crippen molar-refractivity contribution in [3.63, 3.8) is 0 Å². The molecular weight excluding hydrogens is 412 g/mol. The summed E-state index contributed by atoms with van der Waals surface area (Å²) in [7, 11) is 0. The van der Waals surface area contributed by atoms with Crippen molar-refractivity contribution in [1.82, 2.24) is 4.57 Å². The van der Waals surface area contributed by atoms with E-state index in [1.165, 1.54) is 11.3 Å². The number of aryl methyl sites for hydroxylation is 1. The predicted octanol–water partition coefficient (Wildman–Crippen LogP) is 4.37. The highest BCUT2D eigenvalue weighted by molar-refractivity contribution is 7.16. The number of hydrogen-bond donors (Lipinski definition) is 0. The molecule has 152 valence electrons. The fourth-order valence-corrected chi connectivity index (χ4v) is 4.13. The molecule has 2 aromatic carbocycles. The first-order valence-electron chi connectivity index (χ1n) is 9.20. The maximum atomic E-state index is 12.7. The highest BCUT2D eigenvalue weighted by atomic mass is 35.5. The molecule has 0 fully saturated rings. The molecule has 0 aliphatic carbocycles. The van der Waals surface area contributed by atoms with Crippen LogP contribution >= 0.6 is 22.9 Å². The van der Waals surface area contributed by atoms with Crippen LogP contribution in [0.2, 0.25) is 5.02 Å². The van der Waals surface area contributed by atoms with Crippen LogP contribution in [0.4, 0.5) is 0 Å². The summed E-state index contributed by atoms with van der Waals surface area (Å²) < 4.78 is 13.1. The standard InChI is InChI=1S/C21H21ClN2O4S/c1-4-27-15-8-6-14(7-9-15)20(26)23-21-24(12-18(25)28-5-2)19-13(3)16(22)10-11-17(19)29-21/h6-11H,4-5,12H2,1-3H3. The van der Waals surface area contributed by atoms with Crippen LogP contribution in [0.25, 0.3) is 10.2 Å². The van der Waals surface area contributed by atoms with E-state index in [1.54, 1.807) is 41.8 Å². The lowest BCUT2D eigenvalue weighted by molar-refractivity contribution is -0.143. The van der Waals surface area contributed by atoms with Crippen molar-refractivity contribution < 1.29 is 19.1 Å². The Hall–Kier alpha value is -2.64. The number of nitrogens with zero attached hydrogens (tertiary/aromatic N) is 2. The third-order valence-corrected chi connectivity index (χ3v) is 5.68. The van der Waals surface area contributed by atoms with Gasteiger partial charge in [0.1, 0.15) is 12.3 Å². The maximum Gasteiger partial charge on any atom is 0.326 e. The third-order valence-electron chi connectivity index (χ3n) is 4.23. The molecule has 3 aromatic rings. The number of halogens is 1. The summed E-state index contributed by atoms with van der Waals surface area (Å²) in [5, 5.41) is 0.581. The summed E-state index contributed by atoms with van der Waals surface area (Å²) >= 11 is 7.60. The van der Waals surface area contributed by atoms with Crippen molar-refractivity contribution in [3.05, 3.63) is 57.3 Å². The van der Waals surface area contributed by atoms with Crippen LogP contribution in [-0.2, 0) is 16.1 Å². The predicted molar refractivity (Wildman–Crippen MR) is 114 cm³/mol. The van der Waals surface area contributed by atoms with Gasteiger partial charge in [0.25, 0.3) is 5.91 Å². The average Bonchev–Trinajstić information content (AvgIpc) is 3.03. The van der Waals surface area contributed by atoms with Gasteiger partial charge < -0.3 is 14.0 Å². The molecule has 0 unspecified atom stereocenters. The lowest BCUT2D eigenvalue weighted by Crippen LogP contribution is -2.23. The van der Waals surface area contributed by atoms with Crippen LogP contribution < -0.4 is 9.54 Å². The zero-order valence-electron chi connectivity index (χ0n) is 16.4. The molecule has 0 spiro atoms. The summed E-state index contributed by atoms with van der Waals surface area (Å²) in [5.41, 5.74) is 2.02. The molecule has 0 N–H and O–H groups in total. The van der Waals surface area contributed by atoms with E-state index in [4.69, 9.17) is 21.1 Å². The van der Waals surface area contributed by atoms with Crippen LogP contribution in [-0.4, -0.2) is 29.7 Å². The Kier molecular flexibility index (Phi) is 6.71. The highest BCUT2D eigenvalue weighted by Crippen LogP contribution is 2.27. The first-order valence-corrected chi connectivity index (χ1v) is 10.4. The first-order chi connectivity index (χ1) is 13.9. The number of esters is 1. The zero-order chi connectivity index (χ0) is 21.0. The summed E-state index contributed by atoms with van der Waals surface area (Å²) in [6.07, 6.45) is 0. The Morgan fingerprint density at radius 2 is 1.83 bits per heavy atom. The van der Waals surface area contributed by atoms with Gasteiger partial charge in [-0.15, -0.1) is 0 Å². The molecule has 6 nitrogen and oxygen atoms in total. The molecule has 0 saturated carbocycles. The van der Waals surface area contributed by atoms with Crippen molar-refractivity contribution in [1.29, 1.82) is 0 Å². The SMILES string of the molecule is CCOC(=O)Cn1c(=NC(=O)c2ccc(OCC)cc2)sc2ccc(Cl)c(C)c21. The highest BCUT2D eigenvalue weighted by Gasteiger charge is 2.16. The second-order valence-corrected chi connectivity index (χ2v) is 7.59. The summed E-state index contributed by atoms with van der Waals surface area (Å²) in [6, 6.07) is 10.4. The van der Waals surface area contributed by atoms with Gasteiger partial charge in [0.15, 0.2) is 4.80 Å². The minimum Gasteiger partial charge on any atom is -0.494 e. The number of carbonyl (C=O) groups excluding carboxylic acids is 2. The summed E-state index contributed by atoms with van der Waals surface area (Å²) in [5.74, 6) is -0.115. The lowest BCUT2D eigenvalue weighted by Gasteiger charge is -2.08. The number of thiazole rings is 1. The number of aromatic nitrogens is 1. The molecule has 0 saturated heterocycles. The molecule has 3 rings (SSSR count).